The van der Waals surface area contributed by atoms with Crippen molar-refractivity contribution in [1.29, 1.82) is 0 Å². The largest absolute Gasteiger partial charge is 0.497 e. The first-order valence-corrected chi connectivity index (χ1v) is 9.58. The number of amides is 2. The van der Waals surface area contributed by atoms with Crippen LogP contribution in [0.4, 0.5) is 10.1 Å². The SMILES string of the molecule is COc1ccc(N2C(=O)C[C@H](SC(N)=N/N=C(/C)c3ccc(F)cc3)C2=O)cc1. The van der Waals surface area contributed by atoms with Crippen LogP contribution in [0.2, 0.25) is 0 Å². The second-order valence-electron chi connectivity index (χ2n) is 6.21. The summed E-state index contributed by atoms with van der Waals surface area (Å²) < 4.78 is 18.1. The Labute approximate surface area is 171 Å². The van der Waals surface area contributed by atoms with Gasteiger partial charge in [0.25, 0.3) is 0 Å². The number of amidine groups is 1. The lowest BCUT2D eigenvalue weighted by atomic mass is 10.1. The number of nitrogens with two attached hydrogens (primary N) is 1. The van der Waals surface area contributed by atoms with Crippen LogP contribution in [0, 0.1) is 5.82 Å². The first-order valence-electron chi connectivity index (χ1n) is 8.70. The standard InChI is InChI=1S/C20H19FN4O3S/c1-12(13-3-5-14(21)6-4-13)23-24-20(22)29-17-11-18(26)25(19(17)27)15-7-9-16(28-2)10-8-15/h3-10,17H,11H2,1-2H3,(H2,22,24)/b23-12-/t17-/m0/s1. The van der Waals surface area contributed by atoms with E-state index in [9.17, 15) is 14.0 Å². The summed E-state index contributed by atoms with van der Waals surface area (Å²) in [4.78, 5) is 26.1. The molecule has 2 amide bonds. The third kappa shape index (κ3) is 4.80. The quantitative estimate of drug-likeness (QED) is 0.351. The summed E-state index contributed by atoms with van der Waals surface area (Å²) >= 11 is 0.989. The van der Waals surface area contributed by atoms with Crippen molar-refractivity contribution >= 4 is 40.1 Å². The van der Waals surface area contributed by atoms with Crippen LogP contribution >= 0.6 is 11.8 Å². The first kappa shape index (κ1) is 20.5. The minimum atomic E-state index is -0.672. The molecule has 7 nitrogen and oxygen atoms in total. The van der Waals surface area contributed by atoms with Crippen LogP contribution < -0.4 is 15.4 Å². The average molecular weight is 414 g/mol. The topological polar surface area (TPSA) is 97.3 Å². The zero-order valence-corrected chi connectivity index (χ0v) is 16.6. The molecule has 1 saturated heterocycles. The van der Waals surface area contributed by atoms with Crippen molar-refractivity contribution in [3.05, 3.63) is 59.9 Å². The molecule has 3 rings (SSSR count). The second kappa shape index (κ2) is 8.87. The molecule has 2 N–H and O–H groups in total. The number of hydrogen-bond acceptors (Lipinski definition) is 6. The highest BCUT2D eigenvalue weighted by molar-refractivity contribution is 8.14. The number of anilines is 1. The number of carbonyl (C=O) groups excluding carboxylic acids is 2. The zero-order valence-electron chi connectivity index (χ0n) is 15.8. The van der Waals surface area contributed by atoms with Crippen LogP contribution in [0.1, 0.15) is 18.9 Å². The zero-order chi connectivity index (χ0) is 21.0. The minimum Gasteiger partial charge on any atom is -0.497 e. The molecule has 2 aromatic carbocycles. The Bertz CT molecular complexity index is 974. The summed E-state index contributed by atoms with van der Waals surface area (Å²) in [5, 5.41) is 7.33. The maximum absolute atomic E-state index is 13.0. The van der Waals surface area contributed by atoms with Crippen molar-refractivity contribution in [3.8, 4) is 5.75 Å². The number of hydrogen-bond donors (Lipinski definition) is 1. The van der Waals surface area contributed by atoms with Gasteiger partial charge in [0.15, 0.2) is 5.17 Å². The molecule has 0 saturated carbocycles. The third-order valence-corrected chi connectivity index (χ3v) is 5.24. The molecule has 0 aromatic heterocycles. The van der Waals surface area contributed by atoms with Gasteiger partial charge in [0.1, 0.15) is 16.8 Å². The molecule has 29 heavy (non-hydrogen) atoms. The van der Waals surface area contributed by atoms with Gasteiger partial charge in [-0.15, -0.1) is 5.10 Å². The molecule has 1 aliphatic heterocycles. The van der Waals surface area contributed by atoms with Crippen molar-refractivity contribution < 1.29 is 18.7 Å². The van der Waals surface area contributed by atoms with E-state index in [1.54, 1.807) is 43.3 Å². The summed E-state index contributed by atoms with van der Waals surface area (Å²) in [7, 11) is 1.54. The average Bonchev–Trinajstić information content (AvgIpc) is 2.99. The first-order chi connectivity index (χ1) is 13.9. The Morgan fingerprint density at radius 2 is 1.79 bits per heavy atom. The Morgan fingerprint density at radius 1 is 1.14 bits per heavy atom. The van der Waals surface area contributed by atoms with E-state index in [4.69, 9.17) is 10.5 Å². The molecule has 9 heteroatoms. The van der Waals surface area contributed by atoms with Crippen molar-refractivity contribution in [2.45, 2.75) is 18.6 Å². The number of carbonyl (C=O) groups is 2. The molecule has 0 unspecified atom stereocenters. The number of imide groups is 1. The van der Waals surface area contributed by atoms with E-state index in [-0.39, 0.29) is 29.2 Å². The van der Waals surface area contributed by atoms with Crippen LogP contribution in [0.5, 0.6) is 5.75 Å². The normalized spacial score (nSPS) is 17.8. The molecule has 0 aliphatic carbocycles. The minimum absolute atomic E-state index is 0.0202. The Kier molecular flexibility index (Phi) is 6.28. The van der Waals surface area contributed by atoms with Crippen LogP contribution in [-0.4, -0.2) is 35.1 Å². The predicted octanol–water partition coefficient (Wildman–Crippen LogP) is 2.94. The van der Waals surface area contributed by atoms with E-state index in [1.807, 2.05) is 0 Å². The fraction of sp³-hybridized carbons (Fsp3) is 0.200. The van der Waals surface area contributed by atoms with E-state index in [1.165, 1.54) is 19.2 Å². The van der Waals surface area contributed by atoms with E-state index in [2.05, 4.69) is 10.2 Å². The maximum Gasteiger partial charge on any atom is 0.247 e. The van der Waals surface area contributed by atoms with Gasteiger partial charge in [0.05, 0.1) is 18.5 Å². The number of thioether (sulfide) groups is 1. The molecule has 1 heterocycles. The molecule has 1 atom stereocenters. The van der Waals surface area contributed by atoms with Gasteiger partial charge < -0.3 is 10.5 Å². The van der Waals surface area contributed by atoms with Gasteiger partial charge in [-0.3, -0.25) is 9.59 Å². The Hall–Kier alpha value is -3.20. The van der Waals surface area contributed by atoms with E-state index in [0.29, 0.717) is 22.7 Å². The summed E-state index contributed by atoms with van der Waals surface area (Å²) in [5.41, 5.74) is 7.60. The van der Waals surface area contributed by atoms with Crippen molar-refractivity contribution in [2.75, 3.05) is 12.0 Å². The highest BCUT2D eigenvalue weighted by Gasteiger charge is 2.40. The predicted molar refractivity (Wildman–Crippen MR) is 112 cm³/mol. The van der Waals surface area contributed by atoms with E-state index < -0.39 is 5.25 Å². The molecule has 2 aromatic rings. The smallest absolute Gasteiger partial charge is 0.247 e. The van der Waals surface area contributed by atoms with Crippen molar-refractivity contribution in [3.63, 3.8) is 0 Å². The Balaban J connectivity index is 1.68. The van der Waals surface area contributed by atoms with Gasteiger partial charge in [0.2, 0.25) is 11.8 Å². The fourth-order valence-electron chi connectivity index (χ4n) is 2.74. The van der Waals surface area contributed by atoms with Gasteiger partial charge >= 0.3 is 0 Å². The van der Waals surface area contributed by atoms with Gasteiger partial charge in [-0.1, -0.05) is 23.9 Å². The maximum atomic E-state index is 13.0. The van der Waals surface area contributed by atoms with Crippen molar-refractivity contribution in [2.24, 2.45) is 15.9 Å². The third-order valence-electron chi connectivity index (χ3n) is 4.26. The molecule has 0 spiro atoms. The number of methoxy groups -OCH3 is 1. The molecular weight excluding hydrogens is 395 g/mol. The lowest BCUT2D eigenvalue weighted by molar-refractivity contribution is -0.121. The van der Waals surface area contributed by atoms with Gasteiger partial charge in [0, 0.05) is 6.42 Å². The molecule has 1 fully saturated rings. The Morgan fingerprint density at radius 3 is 2.41 bits per heavy atom. The van der Waals surface area contributed by atoms with Crippen LogP contribution in [-0.2, 0) is 9.59 Å². The number of rotatable bonds is 5. The lowest BCUT2D eigenvalue weighted by Crippen LogP contribution is -2.31. The van der Waals surface area contributed by atoms with Crippen LogP contribution in [0.15, 0.2) is 58.7 Å². The van der Waals surface area contributed by atoms with Crippen LogP contribution in [0.3, 0.4) is 0 Å². The van der Waals surface area contributed by atoms with E-state index >= 15 is 0 Å². The summed E-state index contributed by atoms with van der Waals surface area (Å²) in [6, 6.07) is 12.5. The van der Waals surface area contributed by atoms with Gasteiger partial charge in [-0.25, -0.2) is 9.29 Å². The molecule has 0 bridgehead atoms. The number of benzene rings is 2. The van der Waals surface area contributed by atoms with Crippen molar-refractivity contribution in [1.82, 2.24) is 0 Å². The number of ether oxygens (including phenoxy) is 1. The fourth-order valence-corrected chi connectivity index (χ4v) is 3.55. The second-order valence-corrected chi connectivity index (χ2v) is 7.43. The molecule has 150 valence electrons. The summed E-state index contributed by atoms with van der Waals surface area (Å²) in [6.45, 7) is 1.71. The lowest BCUT2D eigenvalue weighted by Gasteiger charge is -2.15. The summed E-state index contributed by atoms with van der Waals surface area (Å²) in [6.07, 6.45) is 0.0202. The van der Waals surface area contributed by atoms with Gasteiger partial charge in [-0.05, 0) is 48.9 Å². The molecule has 1 aliphatic rings. The highest BCUT2D eigenvalue weighted by atomic mass is 32.2. The molecular formula is C20H19FN4O3S. The summed E-state index contributed by atoms with van der Waals surface area (Å²) in [5.74, 6) is -0.380. The van der Waals surface area contributed by atoms with Crippen LogP contribution in [0.25, 0.3) is 0 Å². The highest BCUT2D eigenvalue weighted by Crippen LogP contribution is 2.30. The number of halogens is 1. The monoisotopic (exact) mass is 414 g/mol. The molecule has 0 radical (unpaired) electrons. The van der Waals surface area contributed by atoms with Gasteiger partial charge in [-0.2, -0.15) is 5.10 Å². The number of nitrogens with zero attached hydrogens (tertiary/aromatic N) is 3. The van der Waals surface area contributed by atoms with E-state index in [0.717, 1.165) is 16.7 Å².